The summed E-state index contributed by atoms with van der Waals surface area (Å²) in [4.78, 5) is 29.7. The fourth-order valence-corrected chi connectivity index (χ4v) is 4.20. The van der Waals surface area contributed by atoms with Gasteiger partial charge in [-0.05, 0) is 55.9 Å². The molecule has 1 aromatic rings. The molecule has 0 radical (unpaired) electrons. The molecule has 0 amide bonds. The molecular formula is C20H19NO3. The number of carbonyl (C=O) groups excluding carboxylic acids is 2. The number of aryl methyl sites for hydroxylation is 1. The molecule has 2 bridgehead atoms. The molecule has 0 saturated heterocycles. The number of carbonyl (C=O) groups is 2. The van der Waals surface area contributed by atoms with Crippen LogP contribution in [0, 0.1) is 30.6 Å². The van der Waals surface area contributed by atoms with Crippen molar-refractivity contribution in [3.63, 3.8) is 0 Å². The summed E-state index contributed by atoms with van der Waals surface area (Å²) >= 11 is 0. The third-order valence-corrected chi connectivity index (χ3v) is 5.38. The Hall–Kier alpha value is -2.49. The maximum Gasteiger partial charge on any atom is 0.365 e. The Labute approximate surface area is 140 Å². The van der Waals surface area contributed by atoms with Crippen molar-refractivity contribution in [3.8, 4) is 0 Å². The van der Waals surface area contributed by atoms with Crippen LogP contribution in [0.3, 0.4) is 0 Å². The second-order valence-corrected chi connectivity index (χ2v) is 6.95. The van der Waals surface area contributed by atoms with Crippen molar-refractivity contribution in [1.29, 1.82) is 0 Å². The summed E-state index contributed by atoms with van der Waals surface area (Å²) in [5.74, 6) is 0.337. The van der Waals surface area contributed by atoms with E-state index in [2.05, 4.69) is 17.3 Å². The molecule has 0 N–H and O–H groups in total. The van der Waals surface area contributed by atoms with E-state index in [1.165, 1.54) is 0 Å². The zero-order chi connectivity index (χ0) is 16.8. The van der Waals surface area contributed by atoms with Gasteiger partial charge in [0.05, 0.1) is 11.3 Å². The molecule has 4 nitrogen and oxygen atoms in total. The van der Waals surface area contributed by atoms with Crippen LogP contribution in [0.4, 0.5) is 0 Å². The first kappa shape index (κ1) is 15.1. The van der Waals surface area contributed by atoms with E-state index < -0.39 is 5.97 Å². The third kappa shape index (κ3) is 2.33. The Morgan fingerprint density at radius 3 is 2.46 bits per heavy atom. The molecule has 1 aromatic carbocycles. The monoisotopic (exact) mass is 321 g/mol. The number of allylic oxidation sites excluding steroid dienone is 4. The van der Waals surface area contributed by atoms with Gasteiger partial charge >= 0.3 is 5.97 Å². The van der Waals surface area contributed by atoms with Gasteiger partial charge in [0.25, 0.3) is 0 Å². The maximum atomic E-state index is 12.3. The molecule has 4 heteroatoms. The van der Waals surface area contributed by atoms with E-state index in [1.807, 2.05) is 26.0 Å². The zero-order valence-corrected chi connectivity index (χ0v) is 13.7. The topological polar surface area (TPSA) is 55.7 Å². The summed E-state index contributed by atoms with van der Waals surface area (Å²) in [7, 11) is 0. The van der Waals surface area contributed by atoms with Crippen LogP contribution in [0.2, 0.25) is 0 Å². The predicted octanol–water partition coefficient (Wildman–Crippen LogP) is 3.48. The molecule has 1 saturated carbocycles. The van der Waals surface area contributed by atoms with Crippen molar-refractivity contribution < 1.29 is 14.4 Å². The molecule has 0 aromatic heterocycles. The van der Waals surface area contributed by atoms with Crippen molar-refractivity contribution >= 4 is 17.5 Å². The molecule has 0 heterocycles. The molecule has 24 heavy (non-hydrogen) atoms. The summed E-state index contributed by atoms with van der Waals surface area (Å²) < 4.78 is 0. The Morgan fingerprint density at radius 1 is 1.08 bits per heavy atom. The van der Waals surface area contributed by atoms with E-state index in [0.717, 1.165) is 23.3 Å². The minimum absolute atomic E-state index is 0.0412. The lowest BCUT2D eigenvalue weighted by Gasteiger charge is -2.30. The second-order valence-electron chi connectivity index (χ2n) is 6.95. The van der Waals surface area contributed by atoms with E-state index in [0.29, 0.717) is 17.4 Å². The molecular weight excluding hydrogens is 302 g/mol. The van der Waals surface area contributed by atoms with Gasteiger partial charge in [-0.3, -0.25) is 4.79 Å². The van der Waals surface area contributed by atoms with Gasteiger partial charge in [0.15, 0.2) is 5.78 Å². The van der Waals surface area contributed by atoms with Crippen molar-refractivity contribution in [1.82, 2.24) is 0 Å². The Bertz CT molecular complexity index is 801. The second kappa shape index (κ2) is 5.55. The normalized spacial score (nSPS) is 32.0. The van der Waals surface area contributed by atoms with Gasteiger partial charge in [-0.15, -0.1) is 0 Å². The fourth-order valence-electron chi connectivity index (χ4n) is 4.20. The standard InChI is InChI=1S/C20H19NO3/c1-11-3-5-13(6-4-11)20(23)24-21-19-12(2)9-16(22)17-14-7-8-15(10-14)18(17)19/h3-9,14-15,17-18H,10H2,1-2H3/b21-19+/t14-,15+,17+,18-/m0/s1. The van der Waals surface area contributed by atoms with Gasteiger partial charge in [-0.25, -0.2) is 4.79 Å². The molecule has 1 fully saturated rings. The van der Waals surface area contributed by atoms with Crippen LogP contribution in [-0.4, -0.2) is 17.5 Å². The van der Waals surface area contributed by atoms with E-state index in [4.69, 9.17) is 4.84 Å². The predicted molar refractivity (Wildman–Crippen MR) is 90.5 cm³/mol. The maximum absolute atomic E-state index is 12.3. The molecule has 3 aliphatic carbocycles. The van der Waals surface area contributed by atoms with Gasteiger partial charge in [0.2, 0.25) is 0 Å². The minimum Gasteiger partial charge on any atom is -0.313 e. The number of benzene rings is 1. The lowest BCUT2D eigenvalue weighted by Crippen LogP contribution is -2.37. The molecule has 122 valence electrons. The molecule has 0 aliphatic heterocycles. The average molecular weight is 321 g/mol. The quantitative estimate of drug-likeness (QED) is 0.476. The van der Waals surface area contributed by atoms with Crippen molar-refractivity contribution in [3.05, 3.63) is 59.2 Å². The SMILES string of the molecule is CC1=CC(=O)[C@@H]2[C@@H](/C1=N/OC(=O)c1ccc(C)cc1)[C@@H]1C=C[C@H]2C1. The highest BCUT2D eigenvalue weighted by atomic mass is 16.7. The lowest BCUT2D eigenvalue weighted by molar-refractivity contribution is -0.119. The van der Waals surface area contributed by atoms with Crippen LogP contribution < -0.4 is 0 Å². The van der Waals surface area contributed by atoms with E-state index in [9.17, 15) is 9.59 Å². The largest absolute Gasteiger partial charge is 0.365 e. The molecule has 3 aliphatic rings. The van der Waals surface area contributed by atoms with E-state index >= 15 is 0 Å². The van der Waals surface area contributed by atoms with Gasteiger partial charge in [-0.2, -0.15) is 0 Å². The number of nitrogens with zero attached hydrogens (tertiary/aromatic N) is 1. The smallest absolute Gasteiger partial charge is 0.313 e. The fraction of sp³-hybridized carbons (Fsp3) is 0.350. The van der Waals surface area contributed by atoms with Crippen LogP contribution in [0.1, 0.15) is 29.3 Å². The molecule has 4 rings (SSSR count). The highest BCUT2D eigenvalue weighted by Gasteiger charge is 2.51. The van der Waals surface area contributed by atoms with Gasteiger partial charge in [0.1, 0.15) is 0 Å². The number of oxime groups is 1. The highest BCUT2D eigenvalue weighted by molar-refractivity contribution is 6.13. The van der Waals surface area contributed by atoms with Crippen molar-refractivity contribution in [2.45, 2.75) is 20.3 Å². The van der Waals surface area contributed by atoms with Crippen molar-refractivity contribution in [2.75, 3.05) is 0 Å². The first-order chi connectivity index (χ1) is 11.5. The van der Waals surface area contributed by atoms with Crippen LogP contribution in [-0.2, 0) is 9.63 Å². The highest BCUT2D eigenvalue weighted by Crippen LogP contribution is 2.51. The van der Waals surface area contributed by atoms with Gasteiger partial charge in [0, 0.05) is 11.8 Å². The molecule has 4 atom stereocenters. The summed E-state index contributed by atoms with van der Waals surface area (Å²) in [6.45, 7) is 3.83. The average Bonchev–Trinajstić information content (AvgIpc) is 3.16. The van der Waals surface area contributed by atoms with Crippen LogP contribution >= 0.6 is 0 Å². The first-order valence-corrected chi connectivity index (χ1v) is 8.31. The zero-order valence-electron chi connectivity index (χ0n) is 13.7. The molecule has 0 spiro atoms. The number of hydrogen-bond donors (Lipinski definition) is 0. The van der Waals surface area contributed by atoms with E-state index in [1.54, 1.807) is 18.2 Å². The molecule has 0 unspecified atom stereocenters. The summed E-state index contributed by atoms with van der Waals surface area (Å²) in [6, 6.07) is 7.19. The summed E-state index contributed by atoms with van der Waals surface area (Å²) in [6.07, 6.45) is 6.96. The Balaban J connectivity index is 1.60. The van der Waals surface area contributed by atoms with Crippen LogP contribution in [0.25, 0.3) is 0 Å². The van der Waals surface area contributed by atoms with Crippen LogP contribution in [0.15, 0.2) is 53.2 Å². The number of ketones is 1. The van der Waals surface area contributed by atoms with Gasteiger partial charge < -0.3 is 4.84 Å². The van der Waals surface area contributed by atoms with E-state index in [-0.39, 0.29) is 17.6 Å². The van der Waals surface area contributed by atoms with Gasteiger partial charge in [-0.1, -0.05) is 35.0 Å². The van der Waals surface area contributed by atoms with Crippen LogP contribution in [0.5, 0.6) is 0 Å². The first-order valence-electron chi connectivity index (χ1n) is 8.31. The Morgan fingerprint density at radius 2 is 1.75 bits per heavy atom. The number of rotatable bonds is 2. The summed E-state index contributed by atoms with van der Waals surface area (Å²) in [5.41, 5.74) is 3.11. The minimum atomic E-state index is -0.470. The summed E-state index contributed by atoms with van der Waals surface area (Å²) in [5, 5.41) is 4.17. The Kier molecular flexibility index (Phi) is 3.48. The number of hydrogen-bond acceptors (Lipinski definition) is 4. The lowest BCUT2D eigenvalue weighted by atomic mass is 9.72. The third-order valence-electron chi connectivity index (χ3n) is 5.38. The number of fused-ring (bicyclic) bond motifs is 5. The van der Waals surface area contributed by atoms with Crippen molar-refractivity contribution in [2.24, 2.45) is 28.8 Å².